The number of carbonyl (C=O) groups is 9. The largest absolute Gasteiger partial charge is 0.493 e. The fraction of sp³-hybridized carbons (Fsp3) is 0.492. The average molecular weight is 1240 g/mol. The van der Waals surface area contributed by atoms with Crippen molar-refractivity contribution in [3.8, 4) is 23.0 Å². The number of nitrogens with one attached hydrogen (secondary N) is 3. The summed E-state index contributed by atoms with van der Waals surface area (Å²) >= 11 is 0. The van der Waals surface area contributed by atoms with E-state index in [0.29, 0.717) is 43.6 Å². The minimum absolute atomic E-state index is 0.0323. The molecule has 0 unspecified atom stereocenters. The van der Waals surface area contributed by atoms with Crippen molar-refractivity contribution in [2.75, 3.05) is 78.9 Å². The molecule has 2 fully saturated rings. The molecule has 0 spiro atoms. The summed E-state index contributed by atoms with van der Waals surface area (Å²) in [4.78, 5) is 128. The number of aliphatic hydroxyl groups excluding tert-OH is 1. The number of hydrogen-bond donors (Lipinski definition) is 4. The maximum atomic E-state index is 14.3. The molecule has 0 bridgehead atoms. The summed E-state index contributed by atoms with van der Waals surface area (Å²) in [5, 5.41) is 15.5. The van der Waals surface area contributed by atoms with E-state index in [0.717, 1.165) is 27.9 Å². The number of anilines is 1. The van der Waals surface area contributed by atoms with Gasteiger partial charge in [0.1, 0.15) is 30.3 Å². The fourth-order valence-electron chi connectivity index (χ4n) is 8.61. The molecule has 29 heteroatoms. The standard InChI is InChI=1S/C59H75N5O24/c1-11-18-80-54(71)39-26-41(30-60-29-39)78-19-13-12-14-20-79-47-28-44(42(27-46(47)75-9)53(70)64-31-34(2)24-40(64)32-65)62-57(73)81-33-38-15-16-45(43(25-38)52(69)61-17-21-77-22-23-82-63-58(74)88-59(6,7)8)86-56-51(85-37(5)68)49(84-36(4)67)48(83-35(3)66)50(87-56)55(72)76-10/h11,15-16,25-30,40,48-51,56,65H,1-2,12-14,17-24,31-33H2,3-10H3,(H,61,69)(H,62,73)(H,63,74)/t40-,48-,49-,50-,51+,56+/m0/s1. The Morgan fingerprint density at radius 2 is 1.49 bits per heavy atom. The van der Waals surface area contributed by atoms with Crippen molar-refractivity contribution in [3.05, 3.63) is 95.9 Å². The summed E-state index contributed by atoms with van der Waals surface area (Å²) in [7, 11) is 2.38. The molecule has 5 rings (SSSR count). The van der Waals surface area contributed by atoms with Crippen molar-refractivity contribution in [1.29, 1.82) is 0 Å². The monoisotopic (exact) mass is 1240 g/mol. The number of likely N-dealkylation sites (tertiary alicyclic amines) is 1. The number of hydroxylamine groups is 1. The Hall–Kier alpha value is -9.06. The SMILES string of the molecule is C=CCOC(=O)c1cncc(OCCCCCOc2cc(NC(=O)OCc3ccc(O[C@@H]4O[C@H](C(=O)OC)[C@@H](OC(C)=O)[C@H](OC(C)=O)[C@H]4OC(C)=O)c(C(=O)NCCOCCONC(=O)OC(C)(C)C)c3)c(C(=O)N3CC(=C)C[C@H]3CO)cc2OC)c1. The third-order valence-electron chi connectivity index (χ3n) is 12.4. The highest BCUT2D eigenvalue weighted by Crippen LogP contribution is 2.37. The summed E-state index contributed by atoms with van der Waals surface area (Å²) in [6, 6.07) is 7.62. The maximum absolute atomic E-state index is 14.3. The molecular formula is C59H75N5O24. The molecule has 4 N–H and O–H groups in total. The molecule has 2 aromatic carbocycles. The molecule has 1 aromatic heterocycles. The third-order valence-corrected chi connectivity index (χ3v) is 12.4. The molecule has 6 atom stereocenters. The van der Waals surface area contributed by atoms with Gasteiger partial charge in [-0.25, -0.2) is 19.2 Å². The van der Waals surface area contributed by atoms with Crippen molar-refractivity contribution in [1.82, 2.24) is 20.7 Å². The first-order chi connectivity index (χ1) is 41.9. The zero-order valence-electron chi connectivity index (χ0n) is 50.2. The summed E-state index contributed by atoms with van der Waals surface area (Å²) in [5.41, 5.74) is 2.10. The molecule has 0 radical (unpaired) electrons. The number of hydrogen-bond acceptors (Lipinski definition) is 25. The second kappa shape index (κ2) is 34.3. The van der Waals surface area contributed by atoms with Crippen LogP contribution >= 0.6 is 0 Å². The van der Waals surface area contributed by atoms with E-state index in [1.807, 2.05) is 0 Å². The lowest BCUT2D eigenvalue weighted by atomic mass is 9.97. The van der Waals surface area contributed by atoms with E-state index in [-0.39, 0.29) is 97.9 Å². The van der Waals surface area contributed by atoms with E-state index in [2.05, 4.69) is 34.3 Å². The second-order valence-corrected chi connectivity index (χ2v) is 20.5. The highest BCUT2D eigenvalue weighted by molar-refractivity contribution is 6.04. The quantitative estimate of drug-likeness (QED) is 0.0220. The van der Waals surface area contributed by atoms with Gasteiger partial charge in [0.2, 0.25) is 12.4 Å². The Balaban J connectivity index is 1.37. The van der Waals surface area contributed by atoms with E-state index in [4.69, 9.17) is 66.4 Å². The fourth-order valence-corrected chi connectivity index (χ4v) is 8.61. The maximum Gasteiger partial charge on any atom is 0.431 e. The number of esters is 5. The van der Waals surface area contributed by atoms with Crippen LogP contribution in [0.3, 0.4) is 0 Å². The van der Waals surface area contributed by atoms with Crippen molar-refractivity contribution in [2.24, 2.45) is 0 Å². The number of benzene rings is 2. The zero-order chi connectivity index (χ0) is 64.5. The minimum Gasteiger partial charge on any atom is -0.493 e. The topological polar surface area (TPSA) is 355 Å². The molecule has 3 aromatic rings. The number of ether oxygens (including phenoxy) is 13. The van der Waals surface area contributed by atoms with Gasteiger partial charge >= 0.3 is 42.0 Å². The van der Waals surface area contributed by atoms with Gasteiger partial charge in [-0.2, -0.15) is 5.48 Å². The van der Waals surface area contributed by atoms with Gasteiger partial charge in [0, 0.05) is 46.1 Å². The molecule has 88 heavy (non-hydrogen) atoms. The lowest BCUT2D eigenvalue weighted by Gasteiger charge is -2.43. The Bertz CT molecular complexity index is 2970. The lowest BCUT2D eigenvalue weighted by molar-refractivity contribution is -0.282. The van der Waals surface area contributed by atoms with Gasteiger partial charge in [0.05, 0.1) is 88.5 Å². The summed E-state index contributed by atoms with van der Waals surface area (Å²) < 4.78 is 72.3. The lowest BCUT2D eigenvalue weighted by Crippen LogP contribution is -2.64. The van der Waals surface area contributed by atoms with Crippen LogP contribution in [0.1, 0.15) is 104 Å². The number of carbonyl (C=O) groups excluding carboxylic acids is 9. The van der Waals surface area contributed by atoms with Gasteiger partial charge < -0.3 is 76.9 Å². The molecule has 29 nitrogen and oxygen atoms in total. The van der Waals surface area contributed by atoms with E-state index >= 15 is 0 Å². The Kier molecular flexibility index (Phi) is 27.2. The van der Waals surface area contributed by atoms with E-state index in [9.17, 15) is 48.3 Å². The number of nitrogens with zero attached hydrogens (tertiary/aromatic N) is 2. The summed E-state index contributed by atoms with van der Waals surface area (Å²) in [6.45, 7) is 15.0. The molecule has 4 amide bonds. The van der Waals surface area contributed by atoms with Crippen molar-refractivity contribution in [3.63, 3.8) is 0 Å². The molecule has 2 aliphatic rings. The number of unbranched alkanes of at least 4 members (excludes halogenated alkanes) is 2. The minimum atomic E-state index is -1.88. The smallest absolute Gasteiger partial charge is 0.431 e. The average Bonchev–Trinajstić information content (AvgIpc) is 1.00. The first kappa shape index (κ1) is 69.7. The van der Waals surface area contributed by atoms with Crippen LogP contribution < -0.4 is 35.1 Å². The van der Waals surface area contributed by atoms with Gasteiger partial charge in [-0.3, -0.25) is 39.1 Å². The van der Waals surface area contributed by atoms with Gasteiger partial charge in [-0.05, 0) is 76.3 Å². The number of amides is 4. The third kappa shape index (κ3) is 21.7. The van der Waals surface area contributed by atoms with Gasteiger partial charge in [-0.1, -0.05) is 30.9 Å². The first-order valence-corrected chi connectivity index (χ1v) is 27.7. The molecule has 3 heterocycles. The van der Waals surface area contributed by atoms with Crippen molar-refractivity contribution < 1.29 is 115 Å². The second-order valence-electron chi connectivity index (χ2n) is 20.5. The van der Waals surface area contributed by atoms with Crippen LogP contribution in [0.2, 0.25) is 0 Å². The van der Waals surface area contributed by atoms with Crippen LogP contribution in [0.25, 0.3) is 0 Å². The first-order valence-electron chi connectivity index (χ1n) is 27.7. The number of pyridine rings is 1. The van der Waals surface area contributed by atoms with Crippen LogP contribution in [0.4, 0.5) is 15.3 Å². The zero-order valence-corrected chi connectivity index (χ0v) is 50.2. The van der Waals surface area contributed by atoms with E-state index < -0.39 is 103 Å². The number of rotatable bonds is 31. The van der Waals surface area contributed by atoms with Crippen LogP contribution in [-0.4, -0.2) is 185 Å². The molecule has 2 aliphatic heterocycles. The van der Waals surface area contributed by atoms with Crippen LogP contribution in [0.5, 0.6) is 23.0 Å². The van der Waals surface area contributed by atoms with Crippen LogP contribution in [0, 0.1) is 0 Å². The van der Waals surface area contributed by atoms with Gasteiger partial charge in [-0.15, -0.1) is 0 Å². The number of aromatic nitrogens is 1. The molecule has 0 aliphatic carbocycles. The molecule has 0 saturated carbocycles. The highest BCUT2D eigenvalue weighted by atomic mass is 16.7. The van der Waals surface area contributed by atoms with Crippen molar-refractivity contribution >= 4 is 59.5 Å². The van der Waals surface area contributed by atoms with Crippen LogP contribution in [-0.2, 0) is 73.3 Å². The van der Waals surface area contributed by atoms with Gasteiger partial charge in [0.15, 0.2) is 29.8 Å². The summed E-state index contributed by atoms with van der Waals surface area (Å²) in [5.74, 6) is -5.51. The number of aliphatic hydroxyl groups is 1. The highest BCUT2D eigenvalue weighted by Gasteiger charge is 2.56. The van der Waals surface area contributed by atoms with Crippen LogP contribution in [0.15, 0.2) is 73.6 Å². The van der Waals surface area contributed by atoms with E-state index in [1.165, 1.54) is 66.9 Å². The molecule has 2 saturated heterocycles. The Labute approximate surface area is 507 Å². The normalized spacial score (nSPS) is 17.9. The van der Waals surface area contributed by atoms with Crippen molar-refractivity contribution in [2.45, 2.75) is 116 Å². The predicted octanol–water partition coefficient (Wildman–Crippen LogP) is 4.85. The predicted molar refractivity (Wildman–Crippen MR) is 305 cm³/mol. The number of methoxy groups -OCH3 is 2. The Morgan fingerprint density at radius 1 is 0.784 bits per heavy atom. The van der Waals surface area contributed by atoms with E-state index in [1.54, 1.807) is 20.8 Å². The molecule has 480 valence electrons. The summed E-state index contributed by atoms with van der Waals surface area (Å²) in [6.07, 6.45) is -4.43. The Morgan fingerprint density at radius 3 is 2.16 bits per heavy atom. The molecular weight excluding hydrogens is 1160 g/mol. The van der Waals surface area contributed by atoms with Gasteiger partial charge in [0.25, 0.3) is 11.8 Å².